The van der Waals surface area contributed by atoms with Crippen LogP contribution in [0.5, 0.6) is 5.75 Å². The maximum absolute atomic E-state index is 8.36. The van der Waals surface area contributed by atoms with E-state index >= 15 is 0 Å². The first-order valence-electron chi connectivity index (χ1n) is 13.1. The summed E-state index contributed by atoms with van der Waals surface area (Å²) in [6.07, 6.45) is 9.81. The number of nitrogens with zero attached hydrogens (tertiary/aromatic N) is 5. The van der Waals surface area contributed by atoms with E-state index in [4.69, 9.17) is 24.6 Å². The van der Waals surface area contributed by atoms with Gasteiger partial charge in [0.1, 0.15) is 17.2 Å². The molecule has 4 heterocycles. The number of rotatable bonds is 7. The molecule has 9 heteroatoms. The molecule has 2 aliphatic carbocycles. The van der Waals surface area contributed by atoms with Gasteiger partial charge in [0.2, 0.25) is 0 Å². The summed E-state index contributed by atoms with van der Waals surface area (Å²) in [6, 6.07) is 14.6. The van der Waals surface area contributed by atoms with Gasteiger partial charge in [-0.2, -0.15) is 0 Å². The third-order valence-corrected chi connectivity index (χ3v) is 7.37. The molecule has 0 spiro atoms. The zero-order chi connectivity index (χ0) is 26.9. The zero-order valence-electron chi connectivity index (χ0n) is 21.9. The van der Waals surface area contributed by atoms with Gasteiger partial charge in [-0.05, 0) is 68.0 Å². The molecule has 4 aromatic heterocycles. The third-order valence-electron chi connectivity index (χ3n) is 7.37. The lowest BCUT2D eigenvalue weighted by atomic mass is 10.1. The van der Waals surface area contributed by atoms with Crippen molar-refractivity contribution < 1.29 is 14.6 Å². The van der Waals surface area contributed by atoms with E-state index in [1.807, 2.05) is 19.2 Å². The second-order valence-corrected chi connectivity index (χ2v) is 10.2. The number of pyridine rings is 2. The maximum atomic E-state index is 8.36. The molecule has 2 fully saturated rings. The Hall–Kier alpha value is -4.53. The van der Waals surface area contributed by atoms with Gasteiger partial charge in [-0.15, -0.1) is 0 Å². The van der Waals surface area contributed by atoms with Crippen molar-refractivity contribution in [2.24, 2.45) is 0 Å². The zero-order valence-corrected chi connectivity index (χ0v) is 21.9. The fourth-order valence-corrected chi connectivity index (χ4v) is 5.14. The van der Waals surface area contributed by atoms with Crippen LogP contribution in [-0.4, -0.2) is 43.0 Å². The van der Waals surface area contributed by atoms with E-state index in [9.17, 15) is 0 Å². The van der Waals surface area contributed by atoms with Crippen molar-refractivity contribution in [1.82, 2.24) is 24.3 Å². The van der Waals surface area contributed by atoms with Crippen LogP contribution in [0.15, 0.2) is 61.1 Å². The van der Waals surface area contributed by atoms with Gasteiger partial charge in [0, 0.05) is 59.0 Å². The highest BCUT2D eigenvalue weighted by Gasteiger charge is 2.43. The molecule has 0 unspecified atom stereocenters. The second-order valence-electron chi connectivity index (χ2n) is 10.2. The number of fused-ring (bicyclic) bond motifs is 2. The molecule has 0 amide bonds. The quantitative estimate of drug-likeness (QED) is 0.271. The van der Waals surface area contributed by atoms with Gasteiger partial charge in [0.25, 0.3) is 6.47 Å². The van der Waals surface area contributed by atoms with Gasteiger partial charge in [0.05, 0.1) is 24.9 Å². The molecular weight excluding hydrogens is 492 g/mol. The molecule has 198 valence electrons. The second kappa shape index (κ2) is 10.3. The molecule has 1 aromatic carbocycles. The monoisotopic (exact) mass is 522 g/mol. The van der Waals surface area contributed by atoms with E-state index in [0.717, 1.165) is 63.2 Å². The maximum Gasteiger partial charge on any atom is 0.290 e. The van der Waals surface area contributed by atoms with Crippen LogP contribution in [0.1, 0.15) is 65.5 Å². The Balaban J connectivity index is 0.000000883. The van der Waals surface area contributed by atoms with Gasteiger partial charge in [-0.25, -0.2) is 15.0 Å². The van der Waals surface area contributed by atoms with Crippen molar-refractivity contribution in [2.45, 2.75) is 50.5 Å². The number of aryl methyl sites for hydroxylation is 1. The summed E-state index contributed by atoms with van der Waals surface area (Å²) in [6.45, 7) is 2.41. The molecular formula is C30H30N6O3. The van der Waals surface area contributed by atoms with Crippen molar-refractivity contribution in [2.75, 3.05) is 12.4 Å². The number of methoxy groups -OCH3 is 1. The van der Waals surface area contributed by atoms with Crippen LogP contribution < -0.4 is 10.1 Å². The number of imidazole rings is 1. The summed E-state index contributed by atoms with van der Waals surface area (Å²) < 4.78 is 7.88. The Morgan fingerprint density at radius 2 is 1.92 bits per heavy atom. The van der Waals surface area contributed by atoms with Crippen LogP contribution in [0, 0.1) is 6.92 Å². The molecule has 39 heavy (non-hydrogen) atoms. The SMILES string of the molecule is COc1cc([C@H]2C[C@@H]2c2nccc(C)n2)nc2cc(NCc3cn4cc(C5CC5)ccc4n3)ccc12.O=CO. The van der Waals surface area contributed by atoms with Gasteiger partial charge in [-0.1, -0.05) is 6.07 Å². The van der Waals surface area contributed by atoms with E-state index < -0.39 is 0 Å². The topological polar surface area (TPSA) is 115 Å². The highest BCUT2D eigenvalue weighted by molar-refractivity contribution is 5.88. The first kappa shape index (κ1) is 24.8. The molecule has 9 nitrogen and oxygen atoms in total. The minimum absolute atomic E-state index is 0.250. The van der Waals surface area contributed by atoms with Crippen LogP contribution in [0.25, 0.3) is 16.6 Å². The Morgan fingerprint density at radius 3 is 2.69 bits per heavy atom. The van der Waals surface area contributed by atoms with Crippen molar-refractivity contribution in [1.29, 1.82) is 0 Å². The molecule has 0 bridgehead atoms. The van der Waals surface area contributed by atoms with Crippen LogP contribution in [0.4, 0.5) is 5.69 Å². The van der Waals surface area contributed by atoms with E-state index in [1.165, 1.54) is 18.4 Å². The van der Waals surface area contributed by atoms with Crippen LogP contribution >= 0.6 is 0 Å². The number of hydrogen-bond acceptors (Lipinski definition) is 7. The Kier molecular flexibility index (Phi) is 6.56. The minimum Gasteiger partial charge on any atom is -0.496 e. The average Bonchev–Trinajstić information content (AvgIpc) is 3.88. The number of carboxylic acid groups (broad SMARTS) is 1. The predicted molar refractivity (Wildman–Crippen MR) is 148 cm³/mol. The summed E-state index contributed by atoms with van der Waals surface area (Å²) >= 11 is 0. The molecule has 2 aliphatic rings. The molecule has 0 radical (unpaired) electrons. The Bertz CT molecular complexity index is 1660. The normalized spacial score (nSPS) is 17.9. The largest absolute Gasteiger partial charge is 0.496 e. The molecule has 7 rings (SSSR count). The first-order valence-corrected chi connectivity index (χ1v) is 13.1. The predicted octanol–water partition coefficient (Wildman–Crippen LogP) is 5.45. The van der Waals surface area contributed by atoms with Gasteiger partial charge in [-0.3, -0.25) is 9.78 Å². The van der Waals surface area contributed by atoms with Crippen molar-refractivity contribution in [3.8, 4) is 5.75 Å². The van der Waals surface area contributed by atoms with Gasteiger partial charge < -0.3 is 19.6 Å². The summed E-state index contributed by atoms with van der Waals surface area (Å²) in [5.41, 5.74) is 7.40. The van der Waals surface area contributed by atoms with Gasteiger partial charge >= 0.3 is 0 Å². The molecule has 5 aromatic rings. The Labute approximate surface area is 225 Å². The first-order chi connectivity index (χ1) is 19.1. The Morgan fingerprint density at radius 1 is 1.08 bits per heavy atom. The standard InChI is InChI=1S/C29H28N6O.CH2O2/c1-17-9-10-30-29(32-17)24-12-23(24)26-13-27(36-2)22-7-6-20(11-25(22)34-26)31-14-21-16-35-15-19(18-3-4-18)5-8-28(35)33-21;2-1-3/h5-11,13,15-16,18,23-24,31H,3-4,12,14H2,1-2H3;1H,(H,2,3)/t23-,24-;/m0./s1. The summed E-state index contributed by atoms with van der Waals surface area (Å²) in [5, 5.41) is 11.4. The number of carbonyl (C=O) groups is 1. The lowest BCUT2D eigenvalue weighted by Crippen LogP contribution is -2.01. The average molecular weight is 523 g/mol. The fraction of sp³-hybridized carbons (Fsp3) is 0.300. The smallest absolute Gasteiger partial charge is 0.290 e. The summed E-state index contributed by atoms with van der Waals surface area (Å²) in [5.74, 6) is 3.13. The fourth-order valence-electron chi connectivity index (χ4n) is 5.14. The van der Waals surface area contributed by atoms with E-state index in [2.05, 4.69) is 68.5 Å². The van der Waals surface area contributed by atoms with Crippen LogP contribution in [-0.2, 0) is 11.3 Å². The van der Waals surface area contributed by atoms with Crippen molar-refractivity contribution in [3.63, 3.8) is 0 Å². The lowest BCUT2D eigenvalue weighted by Gasteiger charge is -2.11. The molecule has 2 atom stereocenters. The lowest BCUT2D eigenvalue weighted by molar-refractivity contribution is -0.122. The summed E-state index contributed by atoms with van der Waals surface area (Å²) in [7, 11) is 1.72. The highest BCUT2D eigenvalue weighted by atomic mass is 16.5. The van der Waals surface area contributed by atoms with Gasteiger partial charge in [0.15, 0.2) is 0 Å². The van der Waals surface area contributed by atoms with Crippen LogP contribution in [0.3, 0.4) is 0 Å². The number of ether oxygens (including phenoxy) is 1. The number of hydrogen-bond donors (Lipinski definition) is 2. The van der Waals surface area contributed by atoms with E-state index in [0.29, 0.717) is 18.4 Å². The number of nitrogens with one attached hydrogen (secondary N) is 1. The number of aromatic nitrogens is 5. The highest BCUT2D eigenvalue weighted by Crippen LogP contribution is 2.53. The van der Waals surface area contributed by atoms with Crippen molar-refractivity contribution in [3.05, 3.63) is 89.5 Å². The molecule has 0 aliphatic heterocycles. The van der Waals surface area contributed by atoms with Crippen molar-refractivity contribution >= 4 is 28.7 Å². The van der Waals surface area contributed by atoms with Crippen LogP contribution in [0.2, 0.25) is 0 Å². The minimum atomic E-state index is -0.250. The van der Waals surface area contributed by atoms with E-state index in [1.54, 1.807) is 7.11 Å². The summed E-state index contributed by atoms with van der Waals surface area (Å²) in [4.78, 5) is 27.3. The molecule has 2 N–H and O–H groups in total. The van der Waals surface area contributed by atoms with E-state index in [-0.39, 0.29) is 6.47 Å². The number of benzene rings is 1. The molecule has 0 saturated heterocycles. The number of anilines is 1. The third kappa shape index (κ3) is 5.25. The molecule has 2 saturated carbocycles.